The van der Waals surface area contributed by atoms with Gasteiger partial charge in [0.15, 0.2) is 0 Å². The van der Waals surface area contributed by atoms with E-state index in [2.05, 4.69) is 19.2 Å². The first-order chi connectivity index (χ1) is 9.48. The maximum Gasteiger partial charge on any atom is 0.325 e. The van der Waals surface area contributed by atoms with Gasteiger partial charge in [-0.25, -0.2) is 4.79 Å². The van der Waals surface area contributed by atoms with Crippen molar-refractivity contribution in [3.8, 4) is 0 Å². The van der Waals surface area contributed by atoms with Crippen LogP contribution in [-0.4, -0.2) is 35.0 Å². The zero-order valence-corrected chi connectivity index (χ0v) is 12.8. The van der Waals surface area contributed by atoms with Crippen molar-refractivity contribution in [2.45, 2.75) is 64.5 Å². The number of imide groups is 1. The minimum Gasteiger partial charge on any atom is -0.330 e. The van der Waals surface area contributed by atoms with Gasteiger partial charge in [-0.2, -0.15) is 0 Å². The van der Waals surface area contributed by atoms with Crippen LogP contribution >= 0.6 is 0 Å². The van der Waals surface area contributed by atoms with Crippen LogP contribution in [0, 0.1) is 11.8 Å². The number of amides is 3. The van der Waals surface area contributed by atoms with E-state index in [9.17, 15) is 9.59 Å². The fraction of sp³-hybridized carbons (Fsp3) is 0.867. The molecule has 1 heterocycles. The van der Waals surface area contributed by atoms with Crippen LogP contribution in [0.15, 0.2) is 0 Å². The van der Waals surface area contributed by atoms with Crippen LogP contribution in [0.5, 0.6) is 0 Å². The molecule has 1 saturated heterocycles. The van der Waals surface area contributed by atoms with Gasteiger partial charge in [-0.1, -0.05) is 27.2 Å². The Hall–Kier alpha value is -1.10. The molecule has 0 radical (unpaired) electrons. The van der Waals surface area contributed by atoms with E-state index in [-0.39, 0.29) is 29.8 Å². The molecule has 0 aromatic heterocycles. The van der Waals surface area contributed by atoms with E-state index in [1.165, 1.54) is 4.90 Å². The number of carbonyl (C=O) groups excluding carboxylic acids is 2. The Morgan fingerprint density at radius 2 is 1.95 bits per heavy atom. The number of nitrogens with zero attached hydrogens (tertiary/aromatic N) is 1. The minimum absolute atomic E-state index is 0.0255. The van der Waals surface area contributed by atoms with Gasteiger partial charge >= 0.3 is 6.03 Å². The van der Waals surface area contributed by atoms with Crippen LogP contribution in [0.25, 0.3) is 0 Å². The molecule has 0 aromatic rings. The lowest BCUT2D eigenvalue weighted by atomic mass is 9.67. The van der Waals surface area contributed by atoms with Gasteiger partial charge in [0.05, 0.1) is 0 Å². The fourth-order valence-corrected chi connectivity index (χ4v) is 3.96. The molecule has 2 aliphatic rings. The summed E-state index contributed by atoms with van der Waals surface area (Å²) in [5.41, 5.74) is 4.94. The first kappa shape index (κ1) is 15.3. The third-order valence-electron chi connectivity index (χ3n) is 5.27. The Morgan fingerprint density at radius 3 is 2.45 bits per heavy atom. The summed E-state index contributed by atoms with van der Waals surface area (Å²) in [6, 6.07) is -0.302. The van der Waals surface area contributed by atoms with E-state index in [0.717, 1.165) is 25.7 Å². The summed E-state index contributed by atoms with van der Waals surface area (Å²) in [5.74, 6) is 0.369. The van der Waals surface area contributed by atoms with Crippen molar-refractivity contribution in [3.05, 3.63) is 0 Å². The summed E-state index contributed by atoms with van der Waals surface area (Å²) in [6.07, 6.45) is 4.56. The second kappa shape index (κ2) is 5.72. The van der Waals surface area contributed by atoms with E-state index in [0.29, 0.717) is 13.0 Å². The van der Waals surface area contributed by atoms with Gasteiger partial charge in [0.2, 0.25) is 0 Å². The van der Waals surface area contributed by atoms with E-state index < -0.39 is 5.54 Å². The fourth-order valence-electron chi connectivity index (χ4n) is 3.96. The zero-order valence-electron chi connectivity index (χ0n) is 12.8. The average molecular weight is 281 g/mol. The Bertz CT molecular complexity index is 387. The summed E-state index contributed by atoms with van der Waals surface area (Å²) < 4.78 is 0. The maximum absolute atomic E-state index is 13.0. The molecule has 1 aliphatic heterocycles. The molecule has 1 saturated carbocycles. The van der Waals surface area contributed by atoms with Crippen LogP contribution in [0.4, 0.5) is 4.79 Å². The first-order valence-electron chi connectivity index (χ1n) is 7.84. The topological polar surface area (TPSA) is 75.4 Å². The second-order valence-corrected chi connectivity index (χ2v) is 6.35. The zero-order chi connectivity index (χ0) is 14.9. The Morgan fingerprint density at radius 1 is 1.35 bits per heavy atom. The lowest BCUT2D eigenvalue weighted by molar-refractivity contribution is -0.138. The number of urea groups is 1. The van der Waals surface area contributed by atoms with Crippen LogP contribution in [0.1, 0.15) is 52.9 Å². The van der Waals surface area contributed by atoms with Crippen LogP contribution in [0.3, 0.4) is 0 Å². The summed E-state index contributed by atoms with van der Waals surface area (Å²) in [4.78, 5) is 26.8. The Labute approximate surface area is 121 Å². The van der Waals surface area contributed by atoms with Gasteiger partial charge < -0.3 is 11.1 Å². The lowest BCUT2D eigenvalue weighted by Crippen LogP contribution is -2.59. The van der Waals surface area contributed by atoms with Crippen LogP contribution in [0.2, 0.25) is 0 Å². The van der Waals surface area contributed by atoms with E-state index in [1.807, 2.05) is 6.92 Å². The van der Waals surface area contributed by atoms with Gasteiger partial charge in [0.1, 0.15) is 5.54 Å². The largest absolute Gasteiger partial charge is 0.330 e. The monoisotopic (exact) mass is 281 g/mol. The summed E-state index contributed by atoms with van der Waals surface area (Å²) in [5, 5.41) is 3.04. The SMILES string of the molecule is CCC(CCN)N1C(=O)NC2(C1=O)C(C)CCCC2C. The molecular formula is C15H27N3O2. The molecule has 2 fully saturated rings. The minimum atomic E-state index is -0.683. The van der Waals surface area contributed by atoms with Crippen molar-refractivity contribution in [3.63, 3.8) is 0 Å². The normalized spacial score (nSPS) is 35.5. The van der Waals surface area contributed by atoms with Crippen molar-refractivity contribution < 1.29 is 9.59 Å². The molecule has 20 heavy (non-hydrogen) atoms. The molecule has 1 aliphatic carbocycles. The highest BCUT2D eigenvalue weighted by Crippen LogP contribution is 2.42. The highest BCUT2D eigenvalue weighted by Gasteiger charge is 2.59. The Kier molecular flexibility index (Phi) is 4.37. The summed E-state index contributed by atoms with van der Waals surface area (Å²) in [7, 11) is 0. The molecule has 5 heteroatoms. The number of nitrogens with one attached hydrogen (secondary N) is 1. The third-order valence-corrected chi connectivity index (χ3v) is 5.27. The molecule has 114 valence electrons. The number of rotatable bonds is 4. The van der Waals surface area contributed by atoms with Crippen LogP contribution < -0.4 is 11.1 Å². The molecule has 3 unspecified atom stereocenters. The highest BCUT2D eigenvalue weighted by atomic mass is 16.2. The molecule has 0 aromatic carbocycles. The molecule has 5 nitrogen and oxygen atoms in total. The van der Waals surface area contributed by atoms with Gasteiger partial charge in [0.25, 0.3) is 5.91 Å². The molecule has 3 N–H and O–H groups in total. The van der Waals surface area contributed by atoms with Gasteiger partial charge in [-0.15, -0.1) is 0 Å². The molecule has 2 rings (SSSR count). The molecule has 3 atom stereocenters. The molecule has 1 spiro atoms. The van der Waals surface area contributed by atoms with Crippen molar-refractivity contribution >= 4 is 11.9 Å². The van der Waals surface area contributed by atoms with Crippen molar-refractivity contribution in [2.75, 3.05) is 6.54 Å². The third kappa shape index (κ3) is 2.12. The number of carbonyl (C=O) groups is 2. The first-order valence-corrected chi connectivity index (χ1v) is 7.84. The van der Waals surface area contributed by atoms with Gasteiger partial charge in [-0.05, 0) is 44.1 Å². The van der Waals surface area contributed by atoms with Gasteiger partial charge in [0, 0.05) is 6.04 Å². The van der Waals surface area contributed by atoms with Crippen molar-refractivity contribution in [2.24, 2.45) is 17.6 Å². The van der Waals surface area contributed by atoms with E-state index in [1.54, 1.807) is 0 Å². The summed E-state index contributed by atoms with van der Waals surface area (Å²) in [6.45, 7) is 6.66. The predicted octanol–water partition coefficient (Wildman–Crippen LogP) is 1.86. The number of hydrogen-bond donors (Lipinski definition) is 2. The number of hydrogen-bond acceptors (Lipinski definition) is 3. The van der Waals surface area contributed by atoms with E-state index in [4.69, 9.17) is 5.73 Å². The summed E-state index contributed by atoms with van der Waals surface area (Å²) >= 11 is 0. The van der Waals surface area contributed by atoms with Crippen LogP contribution in [-0.2, 0) is 4.79 Å². The Balaban J connectivity index is 2.31. The molecular weight excluding hydrogens is 254 g/mol. The van der Waals surface area contributed by atoms with Gasteiger partial charge in [-0.3, -0.25) is 9.69 Å². The molecule has 3 amide bonds. The highest BCUT2D eigenvalue weighted by molar-refractivity contribution is 6.07. The average Bonchev–Trinajstić information content (AvgIpc) is 2.67. The standard InChI is InChI=1S/C15H27N3O2/c1-4-12(8-9-16)18-13(19)15(17-14(18)20)10(2)6-5-7-11(15)3/h10-12H,4-9,16H2,1-3H3,(H,17,20). The van der Waals surface area contributed by atoms with Crippen molar-refractivity contribution in [1.82, 2.24) is 10.2 Å². The number of nitrogens with two attached hydrogens (primary N) is 1. The molecule has 0 bridgehead atoms. The predicted molar refractivity (Wildman–Crippen MR) is 78.0 cm³/mol. The lowest BCUT2D eigenvalue weighted by Gasteiger charge is -2.42. The quantitative estimate of drug-likeness (QED) is 0.772. The maximum atomic E-state index is 13.0. The van der Waals surface area contributed by atoms with Crippen molar-refractivity contribution in [1.29, 1.82) is 0 Å². The smallest absolute Gasteiger partial charge is 0.325 e. The second-order valence-electron chi connectivity index (χ2n) is 6.35. The van der Waals surface area contributed by atoms with E-state index >= 15 is 0 Å².